The van der Waals surface area contributed by atoms with Crippen molar-refractivity contribution in [3.63, 3.8) is 0 Å². The van der Waals surface area contributed by atoms with Gasteiger partial charge in [0.1, 0.15) is 24.4 Å². The van der Waals surface area contributed by atoms with Gasteiger partial charge in [-0.05, 0) is 57.8 Å². The van der Waals surface area contributed by atoms with E-state index in [0.29, 0.717) is 6.42 Å². The van der Waals surface area contributed by atoms with Crippen LogP contribution in [0.2, 0.25) is 0 Å². The molecule has 1 fully saturated rings. The van der Waals surface area contributed by atoms with Crippen molar-refractivity contribution in [2.24, 2.45) is 0 Å². The van der Waals surface area contributed by atoms with Gasteiger partial charge in [-0.15, -0.1) is 0 Å². The molecule has 0 aromatic rings. The van der Waals surface area contributed by atoms with Crippen LogP contribution in [-0.4, -0.2) is 87.5 Å². The second-order valence-electron chi connectivity index (χ2n) is 14.8. The Morgan fingerprint density at radius 2 is 1.10 bits per heavy atom. The molecule has 1 amide bonds. The number of nitrogens with one attached hydrogen (secondary N) is 1. The van der Waals surface area contributed by atoms with Crippen molar-refractivity contribution in [2.75, 3.05) is 13.2 Å². The van der Waals surface area contributed by atoms with Crippen LogP contribution in [0.4, 0.5) is 0 Å². The van der Waals surface area contributed by atoms with Crippen molar-refractivity contribution in [1.82, 2.24) is 5.32 Å². The topological polar surface area (TPSA) is 149 Å². The Labute approximate surface area is 317 Å². The summed E-state index contributed by atoms with van der Waals surface area (Å²) in [5.74, 6) is -0.195. The quantitative estimate of drug-likeness (QED) is 0.0287. The van der Waals surface area contributed by atoms with Crippen LogP contribution in [0.15, 0.2) is 36.5 Å². The minimum atomic E-state index is -1.57. The van der Waals surface area contributed by atoms with Gasteiger partial charge in [0.2, 0.25) is 5.91 Å². The summed E-state index contributed by atoms with van der Waals surface area (Å²) in [4.78, 5) is 12.9. The highest BCUT2D eigenvalue weighted by Gasteiger charge is 2.44. The standard InChI is InChI=1S/C43H79NO8/c1-3-5-7-9-11-13-14-15-16-17-18-19-20-21-22-23-25-27-29-31-33-39(47)44-36(37(46)32-30-28-26-24-12-10-8-6-4-2)35-51-43-42(50)41(49)40(48)38(34-45)52-43/h12,18-19,24,30,32,36-38,40-43,45-46,48-50H,3-11,13-17,20-23,25-29,31,33-35H2,1-2H3,(H,44,47)/b19-18-,24-12+,32-30+. The molecule has 7 atom stereocenters. The molecule has 0 spiro atoms. The number of carbonyl (C=O) groups excluding carboxylic acids is 1. The fourth-order valence-corrected chi connectivity index (χ4v) is 6.46. The summed E-state index contributed by atoms with van der Waals surface area (Å²) < 4.78 is 11.1. The molecular weight excluding hydrogens is 658 g/mol. The SMILES string of the molecule is CCCCC/C=C/CC/C=C/C(O)C(COC1OC(CO)C(O)C(O)C1O)NC(=O)CCCCCCCCC/C=C\CCCCCCCCCCC. The van der Waals surface area contributed by atoms with Crippen LogP contribution in [0.3, 0.4) is 0 Å². The zero-order valence-electron chi connectivity index (χ0n) is 33.1. The molecule has 0 aliphatic carbocycles. The molecular formula is C43H79NO8. The minimum Gasteiger partial charge on any atom is -0.394 e. The molecule has 9 nitrogen and oxygen atoms in total. The van der Waals surface area contributed by atoms with Gasteiger partial charge >= 0.3 is 0 Å². The van der Waals surface area contributed by atoms with Crippen LogP contribution < -0.4 is 5.32 Å². The molecule has 0 saturated carbocycles. The van der Waals surface area contributed by atoms with E-state index in [1.54, 1.807) is 6.08 Å². The van der Waals surface area contributed by atoms with Crippen LogP contribution >= 0.6 is 0 Å². The lowest BCUT2D eigenvalue weighted by Crippen LogP contribution is -2.60. The fourth-order valence-electron chi connectivity index (χ4n) is 6.46. The Bertz CT molecular complexity index is 910. The van der Waals surface area contributed by atoms with Gasteiger partial charge in [0.25, 0.3) is 0 Å². The molecule has 1 heterocycles. The van der Waals surface area contributed by atoms with E-state index in [1.165, 1.54) is 103 Å². The summed E-state index contributed by atoms with van der Waals surface area (Å²) in [7, 11) is 0. The highest BCUT2D eigenvalue weighted by molar-refractivity contribution is 5.76. The largest absolute Gasteiger partial charge is 0.394 e. The minimum absolute atomic E-state index is 0.195. The molecule has 0 radical (unpaired) electrons. The van der Waals surface area contributed by atoms with Gasteiger partial charge in [-0.25, -0.2) is 0 Å². The molecule has 7 unspecified atom stereocenters. The maximum absolute atomic E-state index is 12.9. The average molecular weight is 738 g/mol. The van der Waals surface area contributed by atoms with E-state index < -0.39 is 49.5 Å². The molecule has 1 saturated heterocycles. The number of rotatable bonds is 34. The molecule has 9 heteroatoms. The van der Waals surface area contributed by atoms with Crippen molar-refractivity contribution in [2.45, 2.75) is 217 Å². The Morgan fingerprint density at radius 1 is 0.635 bits per heavy atom. The second kappa shape index (κ2) is 33.9. The van der Waals surface area contributed by atoms with E-state index in [4.69, 9.17) is 9.47 Å². The zero-order chi connectivity index (χ0) is 38.1. The molecule has 304 valence electrons. The number of amides is 1. The van der Waals surface area contributed by atoms with Gasteiger partial charge in [-0.3, -0.25) is 4.79 Å². The van der Waals surface area contributed by atoms with Crippen molar-refractivity contribution >= 4 is 5.91 Å². The summed E-state index contributed by atoms with van der Waals surface area (Å²) in [6.45, 7) is 3.68. The number of ether oxygens (including phenoxy) is 2. The number of aliphatic hydroxyl groups excluding tert-OH is 5. The van der Waals surface area contributed by atoms with Gasteiger partial charge in [-0.2, -0.15) is 0 Å². The molecule has 0 aromatic heterocycles. The van der Waals surface area contributed by atoms with Crippen LogP contribution in [0, 0.1) is 0 Å². The van der Waals surface area contributed by atoms with Crippen molar-refractivity contribution in [1.29, 1.82) is 0 Å². The first-order valence-corrected chi connectivity index (χ1v) is 21.2. The second-order valence-corrected chi connectivity index (χ2v) is 14.8. The molecule has 1 aliphatic rings. The lowest BCUT2D eigenvalue weighted by molar-refractivity contribution is -0.302. The molecule has 0 bridgehead atoms. The highest BCUT2D eigenvalue weighted by atomic mass is 16.7. The van der Waals surface area contributed by atoms with Gasteiger partial charge in [0, 0.05) is 6.42 Å². The van der Waals surface area contributed by atoms with Gasteiger partial charge < -0.3 is 40.3 Å². The monoisotopic (exact) mass is 738 g/mol. The van der Waals surface area contributed by atoms with E-state index in [-0.39, 0.29) is 12.5 Å². The first-order valence-electron chi connectivity index (χ1n) is 21.2. The smallest absolute Gasteiger partial charge is 0.220 e. The maximum Gasteiger partial charge on any atom is 0.220 e. The van der Waals surface area contributed by atoms with Crippen molar-refractivity contribution < 1.29 is 39.8 Å². The summed E-state index contributed by atoms with van der Waals surface area (Å²) in [5, 5.41) is 53.9. The lowest BCUT2D eigenvalue weighted by Gasteiger charge is -2.40. The average Bonchev–Trinajstić information content (AvgIpc) is 3.14. The lowest BCUT2D eigenvalue weighted by atomic mass is 9.99. The first-order chi connectivity index (χ1) is 25.3. The molecule has 0 aromatic carbocycles. The Hall–Kier alpha value is -1.59. The third kappa shape index (κ3) is 24.7. The molecule has 6 N–H and O–H groups in total. The zero-order valence-corrected chi connectivity index (χ0v) is 33.1. The van der Waals surface area contributed by atoms with Crippen molar-refractivity contribution in [3.05, 3.63) is 36.5 Å². The summed E-state index contributed by atoms with van der Waals surface area (Å²) in [6.07, 6.45) is 33.5. The van der Waals surface area contributed by atoms with E-state index >= 15 is 0 Å². The summed E-state index contributed by atoms with van der Waals surface area (Å²) in [6, 6.07) is -0.820. The number of hydrogen-bond donors (Lipinski definition) is 6. The summed E-state index contributed by atoms with van der Waals surface area (Å²) in [5.41, 5.74) is 0. The van der Waals surface area contributed by atoms with Gasteiger partial charge in [0.05, 0.1) is 25.4 Å². The molecule has 52 heavy (non-hydrogen) atoms. The number of allylic oxidation sites excluding steroid dienone is 5. The highest BCUT2D eigenvalue weighted by Crippen LogP contribution is 2.22. The number of carbonyl (C=O) groups is 1. The van der Waals surface area contributed by atoms with E-state index in [9.17, 15) is 30.3 Å². The van der Waals surface area contributed by atoms with Gasteiger partial charge in [-0.1, -0.05) is 147 Å². The first kappa shape index (κ1) is 48.4. The van der Waals surface area contributed by atoms with Crippen LogP contribution in [0.1, 0.15) is 174 Å². The Morgan fingerprint density at radius 3 is 1.65 bits per heavy atom. The maximum atomic E-state index is 12.9. The molecule has 1 aliphatic heterocycles. The fraction of sp³-hybridized carbons (Fsp3) is 0.837. The normalized spacial score (nSPS) is 22.2. The van der Waals surface area contributed by atoms with E-state index in [1.807, 2.05) is 6.08 Å². The van der Waals surface area contributed by atoms with Crippen molar-refractivity contribution in [3.8, 4) is 0 Å². The third-order valence-electron chi connectivity index (χ3n) is 9.94. The van der Waals surface area contributed by atoms with Crippen LogP contribution in [-0.2, 0) is 14.3 Å². The van der Waals surface area contributed by atoms with E-state index in [0.717, 1.165) is 51.4 Å². The van der Waals surface area contributed by atoms with Crippen LogP contribution in [0.5, 0.6) is 0 Å². The predicted molar refractivity (Wildman–Crippen MR) is 212 cm³/mol. The Kier molecular flexibility index (Phi) is 31.6. The predicted octanol–water partition coefficient (Wildman–Crippen LogP) is 8.11. The number of hydrogen-bond acceptors (Lipinski definition) is 8. The number of aliphatic hydroxyl groups is 5. The Balaban J connectivity index is 2.33. The third-order valence-corrected chi connectivity index (χ3v) is 9.94. The molecule has 1 rings (SSSR count). The summed E-state index contributed by atoms with van der Waals surface area (Å²) >= 11 is 0. The van der Waals surface area contributed by atoms with Crippen LogP contribution in [0.25, 0.3) is 0 Å². The number of unbranched alkanes of at least 4 members (excludes halogenated alkanes) is 20. The van der Waals surface area contributed by atoms with E-state index in [2.05, 4.69) is 43.5 Å². The van der Waals surface area contributed by atoms with Gasteiger partial charge in [0.15, 0.2) is 6.29 Å².